The van der Waals surface area contributed by atoms with Crippen molar-refractivity contribution in [1.82, 2.24) is 55.2 Å². The number of rotatable bonds is 0. The lowest BCUT2D eigenvalue weighted by Crippen LogP contribution is -2.17. The van der Waals surface area contributed by atoms with Crippen molar-refractivity contribution >= 4 is 5.71 Å². The maximum Gasteiger partial charge on any atom is 0.223 e. The van der Waals surface area contributed by atoms with Crippen molar-refractivity contribution in [3.8, 4) is 0 Å². The first kappa shape index (κ1) is 44.4. The Morgan fingerprint density at radius 3 is 1.31 bits per heavy atom. The number of hydrogen-bond donors (Lipinski definition) is 0. The number of aryl methyl sites for hydroxylation is 12. The van der Waals surface area contributed by atoms with E-state index in [0.717, 1.165) is 34.9 Å². The van der Waals surface area contributed by atoms with Crippen LogP contribution < -0.4 is 0 Å². The highest BCUT2D eigenvalue weighted by atomic mass is 16.7. The minimum atomic E-state index is -0.0376. The molecule has 0 amide bonds. The molecule has 0 radical (unpaired) electrons. The Balaban J connectivity index is 0.000000304. The van der Waals surface area contributed by atoms with Crippen molar-refractivity contribution in [2.45, 2.75) is 109 Å². The first-order chi connectivity index (χ1) is 24.3. The minimum absolute atomic E-state index is 0.0376. The Labute approximate surface area is 306 Å². The molecule has 0 aromatic carbocycles. The van der Waals surface area contributed by atoms with E-state index in [9.17, 15) is 0 Å². The van der Waals surface area contributed by atoms with Gasteiger partial charge in [0.15, 0.2) is 11.6 Å². The highest BCUT2D eigenvalue weighted by molar-refractivity contribution is 5.83. The molecule has 16 nitrogen and oxygen atoms in total. The number of pyridine rings is 1. The molecular weight excluding hydrogens is 664 g/mol. The van der Waals surface area contributed by atoms with Gasteiger partial charge in [-0.3, -0.25) is 9.67 Å². The Bertz CT molecular complexity index is 1550. The SMILES string of the molecule is CC1=NOC(C)(C)C1.Cc1ccc(C)nc1.Cc1ccn(C)n1.Cc1cnc(C)nc1.Cc1nnc(C)o1.Cc1noc(C)n1.Cc1noc(C)n1. The summed E-state index contributed by atoms with van der Waals surface area (Å²) in [6.45, 7) is 26.5. The summed E-state index contributed by atoms with van der Waals surface area (Å²) in [5.41, 5.74) is 5.53. The van der Waals surface area contributed by atoms with Crippen molar-refractivity contribution in [3.05, 3.63) is 107 Å². The lowest BCUT2D eigenvalue weighted by atomic mass is 10.0. The van der Waals surface area contributed by atoms with Gasteiger partial charge in [-0.1, -0.05) is 21.5 Å². The lowest BCUT2D eigenvalue weighted by molar-refractivity contribution is 0.0123. The molecule has 282 valence electrons. The highest BCUT2D eigenvalue weighted by Gasteiger charge is 2.25. The van der Waals surface area contributed by atoms with Gasteiger partial charge in [-0.2, -0.15) is 15.1 Å². The minimum Gasteiger partial charge on any atom is -0.426 e. The summed E-state index contributed by atoms with van der Waals surface area (Å²) in [6.07, 6.45) is 8.38. The fourth-order valence-corrected chi connectivity index (χ4v) is 3.61. The topological polar surface area (TPSA) is 195 Å². The van der Waals surface area contributed by atoms with E-state index in [2.05, 4.69) is 70.8 Å². The molecule has 7 rings (SSSR count). The fourth-order valence-electron chi connectivity index (χ4n) is 3.61. The first-order valence-electron chi connectivity index (χ1n) is 16.5. The van der Waals surface area contributed by atoms with Crippen LogP contribution in [0.4, 0.5) is 0 Å². The molecule has 0 atom stereocenters. The van der Waals surface area contributed by atoms with Gasteiger partial charge in [-0.25, -0.2) is 9.97 Å². The molecule has 0 bridgehead atoms. The molecule has 16 heteroatoms. The van der Waals surface area contributed by atoms with Crippen LogP contribution in [0.3, 0.4) is 0 Å². The Morgan fingerprint density at radius 2 is 1.12 bits per heavy atom. The molecule has 1 aliphatic rings. The van der Waals surface area contributed by atoms with E-state index < -0.39 is 0 Å². The summed E-state index contributed by atoms with van der Waals surface area (Å²) >= 11 is 0. The molecule has 1 aliphatic heterocycles. The molecular formula is C36H54N12O4. The molecule has 6 aromatic rings. The summed E-state index contributed by atoms with van der Waals surface area (Å²) in [4.78, 5) is 24.7. The van der Waals surface area contributed by atoms with Gasteiger partial charge in [0.1, 0.15) is 11.4 Å². The van der Waals surface area contributed by atoms with Gasteiger partial charge in [0.25, 0.3) is 0 Å². The summed E-state index contributed by atoms with van der Waals surface area (Å²) in [5.74, 6) is 4.70. The van der Waals surface area contributed by atoms with E-state index in [4.69, 9.17) is 9.25 Å². The van der Waals surface area contributed by atoms with Crippen LogP contribution in [0, 0.1) is 76.2 Å². The first-order valence-corrected chi connectivity index (χ1v) is 16.5. The van der Waals surface area contributed by atoms with E-state index in [0.29, 0.717) is 35.2 Å². The monoisotopic (exact) mass is 718 g/mol. The van der Waals surface area contributed by atoms with Crippen LogP contribution in [0.15, 0.2) is 61.6 Å². The zero-order valence-corrected chi connectivity index (χ0v) is 33.2. The number of hydrogen-bond acceptors (Lipinski definition) is 15. The summed E-state index contributed by atoms with van der Waals surface area (Å²) in [7, 11) is 1.91. The van der Waals surface area contributed by atoms with Gasteiger partial charge in [-0.15, -0.1) is 10.2 Å². The summed E-state index contributed by atoms with van der Waals surface area (Å²) in [6, 6.07) is 6.04. The lowest BCUT2D eigenvalue weighted by Gasteiger charge is -2.12. The molecule has 0 saturated heterocycles. The predicted molar refractivity (Wildman–Crippen MR) is 197 cm³/mol. The average molecular weight is 719 g/mol. The van der Waals surface area contributed by atoms with E-state index in [1.165, 1.54) is 5.56 Å². The number of oxime groups is 1. The van der Waals surface area contributed by atoms with Crippen molar-refractivity contribution in [1.29, 1.82) is 0 Å². The molecule has 0 aliphatic carbocycles. The van der Waals surface area contributed by atoms with Crippen molar-refractivity contribution < 1.29 is 18.3 Å². The Hall–Kier alpha value is -5.67. The molecule has 0 N–H and O–H groups in total. The standard InChI is InChI=1S/C7H9N.C6H8N2.C6H11NO.C5H8N2.3C4H6N2O/c1-6-3-4-7(2)8-5-6;1-5-3-7-6(2)8-4-5;1-5-4-6(2,3)8-7-5;1-5-3-4-7(2)6-5;1-3-5-6-4(2)7-3;2*1-3-5-4(2)7-6-3/h3-5H,1-2H3;3-4H,1-2H3;4H2,1-3H3;3-4H,1-2H3;3*1-2H3. The van der Waals surface area contributed by atoms with Crippen LogP contribution >= 0.6 is 0 Å². The number of nitrogens with zero attached hydrogens (tertiary/aromatic N) is 12. The van der Waals surface area contributed by atoms with Crippen LogP contribution in [0.1, 0.15) is 90.7 Å². The van der Waals surface area contributed by atoms with Crippen LogP contribution in [-0.2, 0) is 11.9 Å². The molecule has 0 saturated carbocycles. The number of aromatic nitrogens is 11. The molecule has 0 fully saturated rings. The third-order valence-corrected chi connectivity index (χ3v) is 5.83. The average Bonchev–Trinajstić information content (AvgIpc) is 3.90. The maximum absolute atomic E-state index is 5.04. The zero-order chi connectivity index (χ0) is 39.3. The summed E-state index contributed by atoms with van der Waals surface area (Å²) in [5, 5.41) is 22.1. The predicted octanol–water partition coefficient (Wildman–Crippen LogP) is 7.14. The van der Waals surface area contributed by atoms with Gasteiger partial charge in [-0.05, 0) is 92.5 Å². The van der Waals surface area contributed by atoms with Gasteiger partial charge >= 0.3 is 0 Å². The molecule has 6 aromatic heterocycles. The van der Waals surface area contributed by atoms with Crippen LogP contribution in [0.2, 0.25) is 0 Å². The van der Waals surface area contributed by atoms with Crippen molar-refractivity contribution in [2.24, 2.45) is 12.2 Å². The Kier molecular flexibility index (Phi) is 19.6. The summed E-state index contributed by atoms with van der Waals surface area (Å²) < 4.78 is 15.9. The van der Waals surface area contributed by atoms with Gasteiger partial charge in [0.2, 0.25) is 23.6 Å². The van der Waals surface area contributed by atoms with Crippen molar-refractivity contribution in [3.63, 3.8) is 0 Å². The maximum atomic E-state index is 5.04. The Morgan fingerprint density at radius 1 is 0.596 bits per heavy atom. The van der Waals surface area contributed by atoms with Crippen LogP contribution in [-0.4, -0.2) is 66.5 Å². The second-order valence-electron chi connectivity index (χ2n) is 12.3. The molecule has 7 heterocycles. The second kappa shape index (κ2) is 22.9. The second-order valence-corrected chi connectivity index (χ2v) is 12.3. The normalized spacial score (nSPS) is 11.7. The largest absolute Gasteiger partial charge is 0.426 e. The highest BCUT2D eigenvalue weighted by Crippen LogP contribution is 2.21. The smallest absolute Gasteiger partial charge is 0.223 e. The zero-order valence-electron chi connectivity index (χ0n) is 33.2. The quantitative estimate of drug-likeness (QED) is 0.154. The van der Waals surface area contributed by atoms with Crippen LogP contribution in [0.5, 0.6) is 0 Å². The van der Waals surface area contributed by atoms with E-state index >= 15 is 0 Å². The van der Waals surface area contributed by atoms with Gasteiger partial charge in [0.05, 0.1) is 11.4 Å². The molecule has 0 unspecified atom stereocenters. The van der Waals surface area contributed by atoms with Gasteiger partial charge in [0, 0.05) is 71.6 Å². The molecule has 0 spiro atoms. The third kappa shape index (κ3) is 22.1. The van der Waals surface area contributed by atoms with E-state index in [1.807, 2.05) is 99.4 Å². The fraction of sp³-hybridized carbons (Fsp3) is 0.472. The van der Waals surface area contributed by atoms with Crippen molar-refractivity contribution in [2.75, 3.05) is 0 Å². The third-order valence-electron chi connectivity index (χ3n) is 5.83. The van der Waals surface area contributed by atoms with E-state index in [1.54, 1.807) is 46.2 Å². The van der Waals surface area contributed by atoms with E-state index in [-0.39, 0.29) is 5.60 Å². The molecule has 52 heavy (non-hydrogen) atoms. The van der Waals surface area contributed by atoms with Gasteiger partial charge < -0.3 is 18.3 Å². The van der Waals surface area contributed by atoms with Crippen LogP contribution in [0.25, 0.3) is 0 Å².